The number of nitrogens with zero attached hydrogens (tertiary/aromatic N) is 1. The van der Waals surface area contributed by atoms with E-state index in [1.807, 2.05) is 6.92 Å². The second-order valence-electron chi connectivity index (χ2n) is 4.20. The molecule has 0 aromatic heterocycles. The molecule has 0 bridgehead atoms. The van der Waals surface area contributed by atoms with Crippen molar-refractivity contribution >= 4 is 5.78 Å². The van der Waals surface area contributed by atoms with Crippen LogP contribution in [0, 0.1) is 16.7 Å². The van der Waals surface area contributed by atoms with Crippen LogP contribution >= 0.6 is 0 Å². The highest BCUT2D eigenvalue weighted by Crippen LogP contribution is 2.35. The molecular weight excluding hydrogens is 162 g/mol. The first-order valence-electron chi connectivity index (χ1n) is 5.09. The van der Waals surface area contributed by atoms with Gasteiger partial charge in [0.25, 0.3) is 0 Å². The Morgan fingerprint density at radius 3 is 2.92 bits per heavy atom. The second-order valence-corrected chi connectivity index (χ2v) is 4.20. The van der Waals surface area contributed by atoms with Gasteiger partial charge in [-0.05, 0) is 19.3 Å². The molecule has 0 aromatic carbocycles. The summed E-state index contributed by atoms with van der Waals surface area (Å²) in [6, 6.07) is 2.13. The third kappa shape index (κ3) is 2.55. The zero-order valence-corrected chi connectivity index (χ0v) is 8.31. The van der Waals surface area contributed by atoms with Crippen LogP contribution in [0.1, 0.15) is 51.9 Å². The van der Waals surface area contributed by atoms with Crippen molar-refractivity contribution in [2.24, 2.45) is 5.41 Å². The van der Waals surface area contributed by atoms with E-state index in [1.54, 1.807) is 0 Å². The molecule has 0 amide bonds. The van der Waals surface area contributed by atoms with E-state index in [0.29, 0.717) is 12.2 Å². The van der Waals surface area contributed by atoms with E-state index in [-0.39, 0.29) is 5.41 Å². The van der Waals surface area contributed by atoms with Crippen LogP contribution in [0.3, 0.4) is 0 Å². The van der Waals surface area contributed by atoms with Crippen molar-refractivity contribution in [2.45, 2.75) is 51.9 Å². The third-order valence-corrected chi connectivity index (χ3v) is 3.09. The predicted molar refractivity (Wildman–Crippen MR) is 51.0 cm³/mol. The standard InChI is InChI=1S/C11H17NO/c1-11(8-5-9-12)7-4-2-3-6-10(11)13/h2-8H2,1H3. The third-order valence-electron chi connectivity index (χ3n) is 3.09. The van der Waals surface area contributed by atoms with Gasteiger partial charge in [0, 0.05) is 18.3 Å². The van der Waals surface area contributed by atoms with Crippen LogP contribution in [0.15, 0.2) is 0 Å². The lowest BCUT2D eigenvalue weighted by Crippen LogP contribution is -2.26. The molecule has 72 valence electrons. The predicted octanol–water partition coefficient (Wildman–Crippen LogP) is 2.83. The molecule has 1 unspecified atom stereocenters. The molecule has 0 radical (unpaired) electrons. The van der Waals surface area contributed by atoms with Gasteiger partial charge in [-0.25, -0.2) is 0 Å². The largest absolute Gasteiger partial charge is 0.299 e. The van der Waals surface area contributed by atoms with E-state index in [2.05, 4.69) is 6.07 Å². The van der Waals surface area contributed by atoms with Crippen LogP contribution in [0.5, 0.6) is 0 Å². The summed E-state index contributed by atoms with van der Waals surface area (Å²) in [4.78, 5) is 11.7. The van der Waals surface area contributed by atoms with Gasteiger partial charge < -0.3 is 0 Å². The summed E-state index contributed by atoms with van der Waals surface area (Å²) in [5, 5.41) is 8.51. The van der Waals surface area contributed by atoms with Gasteiger partial charge in [-0.3, -0.25) is 4.79 Å². The molecule has 1 rings (SSSR count). The molecule has 0 heterocycles. The summed E-state index contributed by atoms with van der Waals surface area (Å²) in [6.07, 6.45) is 6.34. The van der Waals surface area contributed by atoms with Gasteiger partial charge in [-0.15, -0.1) is 0 Å². The minimum Gasteiger partial charge on any atom is -0.299 e. The van der Waals surface area contributed by atoms with Crippen LogP contribution in [0.2, 0.25) is 0 Å². The zero-order chi connectivity index (χ0) is 9.73. The molecule has 2 nitrogen and oxygen atoms in total. The monoisotopic (exact) mass is 179 g/mol. The molecule has 1 saturated carbocycles. The van der Waals surface area contributed by atoms with Crippen molar-refractivity contribution in [3.05, 3.63) is 0 Å². The topological polar surface area (TPSA) is 40.9 Å². The Bertz CT molecular complexity index is 229. The molecule has 0 N–H and O–H groups in total. The van der Waals surface area contributed by atoms with Crippen molar-refractivity contribution in [3.63, 3.8) is 0 Å². The van der Waals surface area contributed by atoms with E-state index in [1.165, 1.54) is 6.42 Å². The van der Waals surface area contributed by atoms with Crippen LogP contribution in [-0.4, -0.2) is 5.78 Å². The smallest absolute Gasteiger partial charge is 0.138 e. The lowest BCUT2D eigenvalue weighted by molar-refractivity contribution is -0.128. The normalized spacial score (nSPS) is 29.4. The Morgan fingerprint density at radius 1 is 1.46 bits per heavy atom. The maximum Gasteiger partial charge on any atom is 0.138 e. The average molecular weight is 179 g/mol. The van der Waals surface area contributed by atoms with E-state index in [9.17, 15) is 4.79 Å². The van der Waals surface area contributed by atoms with E-state index < -0.39 is 0 Å². The summed E-state index contributed by atoms with van der Waals surface area (Å²) in [5.41, 5.74) is -0.188. The van der Waals surface area contributed by atoms with Gasteiger partial charge >= 0.3 is 0 Å². The maximum atomic E-state index is 11.7. The first-order chi connectivity index (χ1) is 6.19. The lowest BCUT2D eigenvalue weighted by atomic mass is 9.78. The minimum atomic E-state index is -0.188. The van der Waals surface area contributed by atoms with E-state index in [0.717, 1.165) is 32.1 Å². The fourth-order valence-electron chi connectivity index (χ4n) is 2.01. The molecule has 0 aliphatic heterocycles. The molecule has 1 fully saturated rings. The van der Waals surface area contributed by atoms with Crippen LogP contribution in [-0.2, 0) is 4.79 Å². The quantitative estimate of drug-likeness (QED) is 0.611. The molecule has 0 spiro atoms. The second kappa shape index (κ2) is 4.41. The fourth-order valence-corrected chi connectivity index (χ4v) is 2.01. The number of hydrogen-bond acceptors (Lipinski definition) is 2. The van der Waals surface area contributed by atoms with Crippen LogP contribution in [0.25, 0.3) is 0 Å². The van der Waals surface area contributed by atoms with Gasteiger partial charge in [-0.1, -0.05) is 19.8 Å². The Labute approximate surface area is 79.9 Å². The molecule has 13 heavy (non-hydrogen) atoms. The van der Waals surface area contributed by atoms with Crippen molar-refractivity contribution in [3.8, 4) is 6.07 Å². The van der Waals surface area contributed by atoms with Gasteiger partial charge in [0.1, 0.15) is 5.78 Å². The molecule has 2 heteroatoms. The molecule has 1 aliphatic rings. The number of rotatable bonds is 2. The van der Waals surface area contributed by atoms with Gasteiger partial charge in [-0.2, -0.15) is 5.26 Å². The van der Waals surface area contributed by atoms with Crippen molar-refractivity contribution in [1.82, 2.24) is 0 Å². The van der Waals surface area contributed by atoms with Gasteiger partial charge in [0.15, 0.2) is 0 Å². The highest BCUT2D eigenvalue weighted by Gasteiger charge is 2.32. The molecule has 1 atom stereocenters. The SMILES string of the molecule is CC1(CCC#N)CCCCCC1=O. The molecular formula is C11H17NO. The summed E-state index contributed by atoms with van der Waals surface area (Å²) in [6.45, 7) is 2.03. The van der Waals surface area contributed by atoms with Gasteiger partial charge in [0.05, 0.1) is 6.07 Å². The van der Waals surface area contributed by atoms with Crippen LogP contribution < -0.4 is 0 Å². The number of nitriles is 1. The van der Waals surface area contributed by atoms with E-state index >= 15 is 0 Å². The number of ketones is 1. The molecule has 0 saturated heterocycles. The minimum absolute atomic E-state index is 0.188. The zero-order valence-electron chi connectivity index (χ0n) is 8.31. The van der Waals surface area contributed by atoms with Crippen molar-refractivity contribution in [2.75, 3.05) is 0 Å². The highest BCUT2D eigenvalue weighted by molar-refractivity contribution is 5.84. The Hall–Kier alpha value is -0.840. The number of Topliss-reactive ketones (excluding diaryl/α,β-unsaturated/α-hetero) is 1. The maximum absolute atomic E-state index is 11.7. The highest BCUT2D eigenvalue weighted by atomic mass is 16.1. The number of carbonyl (C=O) groups is 1. The average Bonchev–Trinajstić information content (AvgIpc) is 2.28. The lowest BCUT2D eigenvalue weighted by Gasteiger charge is -2.24. The Kier molecular flexibility index (Phi) is 3.48. The first-order valence-corrected chi connectivity index (χ1v) is 5.09. The van der Waals surface area contributed by atoms with Gasteiger partial charge in [0.2, 0.25) is 0 Å². The fraction of sp³-hybridized carbons (Fsp3) is 0.818. The summed E-state index contributed by atoms with van der Waals surface area (Å²) in [5.74, 6) is 0.375. The Balaban J connectivity index is 2.61. The van der Waals surface area contributed by atoms with Crippen molar-refractivity contribution < 1.29 is 4.79 Å². The molecule has 1 aliphatic carbocycles. The molecule has 0 aromatic rings. The summed E-state index contributed by atoms with van der Waals surface area (Å²) in [7, 11) is 0. The summed E-state index contributed by atoms with van der Waals surface area (Å²) >= 11 is 0. The first kappa shape index (κ1) is 10.2. The van der Waals surface area contributed by atoms with Crippen molar-refractivity contribution in [1.29, 1.82) is 5.26 Å². The summed E-state index contributed by atoms with van der Waals surface area (Å²) < 4.78 is 0. The Morgan fingerprint density at radius 2 is 2.23 bits per heavy atom. The number of hydrogen-bond donors (Lipinski definition) is 0. The van der Waals surface area contributed by atoms with E-state index in [4.69, 9.17) is 5.26 Å². The van der Waals surface area contributed by atoms with Crippen LogP contribution in [0.4, 0.5) is 0 Å². The number of carbonyl (C=O) groups excluding carboxylic acids is 1.